The zero-order valence-corrected chi connectivity index (χ0v) is 20.6. The molecular weight excluding hydrogens is 415 g/mol. The molecule has 0 aliphatic carbocycles. The summed E-state index contributed by atoms with van der Waals surface area (Å²) in [4.78, 5) is 12.7. The van der Waals surface area contributed by atoms with E-state index in [4.69, 9.17) is 13.5 Å². The van der Waals surface area contributed by atoms with Gasteiger partial charge in [-0.1, -0.05) is 88.4 Å². The van der Waals surface area contributed by atoms with Crippen molar-refractivity contribution < 1.29 is 22.8 Å². The maximum Gasteiger partial charge on any atom is 0.337 e. The van der Waals surface area contributed by atoms with Gasteiger partial charge in [-0.25, -0.2) is 0 Å². The van der Waals surface area contributed by atoms with Gasteiger partial charge in [0.25, 0.3) is 8.32 Å². The van der Waals surface area contributed by atoms with Crippen molar-refractivity contribution in [2.75, 3.05) is 27.0 Å². The summed E-state index contributed by atoms with van der Waals surface area (Å²) in [5.41, 5.74) is 0. The summed E-state index contributed by atoms with van der Waals surface area (Å²) in [6, 6.07) is 20.5. The third-order valence-electron chi connectivity index (χ3n) is 5.42. The van der Waals surface area contributed by atoms with Crippen molar-refractivity contribution in [2.24, 2.45) is 5.92 Å². The van der Waals surface area contributed by atoms with Crippen LogP contribution in [0.5, 0.6) is 0 Å². The Morgan fingerprint density at radius 1 is 0.933 bits per heavy atom. The van der Waals surface area contributed by atoms with Gasteiger partial charge in [0.2, 0.25) is 0 Å². The van der Waals surface area contributed by atoms with E-state index in [1.54, 1.807) is 6.92 Å². The number of benzene rings is 2. The Kier molecular flexibility index (Phi) is 8.37. The number of carbonyl (C=O) groups excluding carboxylic acids is 1. The van der Waals surface area contributed by atoms with E-state index in [9.17, 15) is 9.36 Å². The van der Waals surface area contributed by atoms with Crippen LogP contribution >= 0.6 is 7.60 Å². The molecule has 0 amide bonds. The van der Waals surface area contributed by atoms with E-state index in [0.29, 0.717) is 0 Å². The van der Waals surface area contributed by atoms with Crippen LogP contribution in [0.25, 0.3) is 0 Å². The van der Waals surface area contributed by atoms with E-state index in [1.807, 2.05) is 36.4 Å². The Hall–Kier alpha value is -1.56. The van der Waals surface area contributed by atoms with Crippen molar-refractivity contribution >= 4 is 32.1 Å². The summed E-state index contributed by atoms with van der Waals surface area (Å²) in [5.74, 6) is -0.634. The molecule has 0 spiro atoms. The molecule has 7 heteroatoms. The summed E-state index contributed by atoms with van der Waals surface area (Å²) in [7, 11) is -3.53. The monoisotopic (exact) mass is 448 g/mol. The highest BCUT2D eigenvalue weighted by Crippen LogP contribution is 2.46. The molecule has 0 unspecified atom stereocenters. The van der Waals surface area contributed by atoms with Crippen LogP contribution < -0.4 is 10.4 Å². The molecule has 1 atom stereocenters. The minimum Gasteiger partial charge on any atom is -0.407 e. The van der Waals surface area contributed by atoms with Gasteiger partial charge >= 0.3 is 7.60 Å². The molecule has 164 valence electrons. The zero-order valence-electron chi connectivity index (χ0n) is 18.8. The standard InChI is InChI=1S/C23H33O5PSi/c1-19(22(24)18-29(25,26-5)27-6)17-28-30(23(2,3)4,20-13-9-7-10-14-20)21-15-11-8-12-16-21/h7-16,19H,17-18H2,1-6H3/t19-/m1/s1. The van der Waals surface area contributed by atoms with E-state index in [0.717, 1.165) is 10.4 Å². The van der Waals surface area contributed by atoms with Crippen molar-refractivity contribution in [2.45, 2.75) is 32.7 Å². The third-order valence-corrected chi connectivity index (χ3v) is 12.2. The largest absolute Gasteiger partial charge is 0.407 e. The lowest BCUT2D eigenvalue weighted by Gasteiger charge is -2.43. The quantitative estimate of drug-likeness (QED) is 0.402. The van der Waals surface area contributed by atoms with Crippen molar-refractivity contribution in [1.29, 1.82) is 0 Å². The van der Waals surface area contributed by atoms with Gasteiger partial charge in [0.1, 0.15) is 11.9 Å². The molecule has 0 heterocycles. The summed E-state index contributed by atoms with van der Waals surface area (Å²) in [6.45, 7) is 8.61. The van der Waals surface area contributed by atoms with Crippen LogP contribution in [0.2, 0.25) is 5.04 Å². The molecule has 0 N–H and O–H groups in total. The first kappa shape index (κ1) is 24.7. The highest BCUT2D eigenvalue weighted by Gasteiger charge is 2.50. The molecule has 0 saturated heterocycles. The van der Waals surface area contributed by atoms with Gasteiger partial charge in [0.15, 0.2) is 0 Å². The van der Waals surface area contributed by atoms with Gasteiger partial charge in [-0.05, 0) is 15.4 Å². The van der Waals surface area contributed by atoms with Crippen LogP contribution in [0.1, 0.15) is 27.7 Å². The van der Waals surface area contributed by atoms with Crippen molar-refractivity contribution in [3.63, 3.8) is 0 Å². The highest BCUT2D eigenvalue weighted by molar-refractivity contribution is 7.54. The van der Waals surface area contributed by atoms with Gasteiger partial charge in [-0.2, -0.15) is 0 Å². The SMILES string of the molecule is COP(=O)(CC(=O)[C@H](C)CO[Si](c1ccccc1)(c1ccccc1)C(C)(C)C)OC. The van der Waals surface area contributed by atoms with E-state index in [2.05, 4.69) is 45.0 Å². The van der Waals surface area contributed by atoms with Crippen LogP contribution in [0.4, 0.5) is 0 Å². The van der Waals surface area contributed by atoms with E-state index in [1.165, 1.54) is 14.2 Å². The van der Waals surface area contributed by atoms with Crippen molar-refractivity contribution in [1.82, 2.24) is 0 Å². The summed E-state index contributed by atoms with van der Waals surface area (Å²) >= 11 is 0. The van der Waals surface area contributed by atoms with Gasteiger partial charge in [-0.15, -0.1) is 0 Å². The predicted octanol–water partition coefficient (Wildman–Crippen LogP) is 4.25. The fourth-order valence-electron chi connectivity index (χ4n) is 3.65. The Bertz CT molecular complexity index is 817. The lowest BCUT2D eigenvalue weighted by molar-refractivity contribution is -0.121. The molecule has 0 aliphatic heterocycles. The van der Waals surface area contributed by atoms with Crippen LogP contribution in [0.3, 0.4) is 0 Å². The van der Waals surface area contributed by atoms with Gasteiger partial charge in [-0.3, -0.25) is 9.36 Å². The molecule has 5 nitrogen and oxygen atoms in total. The molecular formula is C23H33O5PSi. The maximum absolute atomic E-state index is 12.7. The second-order valence-corrected chi connectivity index (χ2v) is 15.0. The van der Waals surface area contributed by atoms with Gasteiger partial charge in [0.05, 0.1) is 0 Å². The third kappa shape index (κ3) is 5.37. The van der Waals surface area contributed by atoms with E-state index < -0.39 is 21.8 Å². The maximum atomic E-state index is 12.7. The Balaban J connectivity index is 2.40. The topological polar surface area (TPSA) is 61.8 Å². The van der Waals surface area contributed by atoms with E-state index in [-0.39, 0.29) is 23.6 Å². The summed E-state index contributed by atoms with van der Waals surface area (Å²) in [5, 5.41) is 2.14. The molecule has 2 aromatic rings. The smallest absolute Gasteiger partial charge is 0.337 e. The molecule has 0 aromatic heterocycles. The first-order chi connectivity index (χ1) is 14.1. The minimum absolute atomic E-state index is 0.174. The Labute approximate surface area is 181 Å². The van der Waals surface area contributed by atoms with Crippen molar-refractivity contribution in [3.8, 4) is 0 Å². The number of ketones is 1. The molecule has 0 aliphatic rings. The number of rotatable bonds is 10. The predicted molar refractivity (Wildman–Crippen MR) is 124 cm³/mol. The molecule has 2 rings (SSSR count). The number of hydrogen-bond acceptors (Lipinski definition) is 5. The average Bonchev–Trinajstić information content (AvgIpc) is 2.74. The van der Waals surface area contributed by atoms with Crippen molar-refractivity contribution in [3.05, 3.63) is 60.7 Å². The van der Waals surface area contributed by atoms with Gasteiger partial charge < -0.3 is 13.5 Å². The molecule has 0 radical (unpaired) electrons. The second kappa shape index (κ2) is 10.2. The zero-order chi connectivity index (χ0) is 22.4. The minimum atomic E-state index is -3.40. The first-order valence-electron chi connectivity index (χ1n) is 10.1. The average molecular weight is 449 g/mol. The van der Waals surface area contributed by atoms with Crippen LogP contribution in [0.15, 0.2) is 60.7 Å². The van der Waals surface area contributed by atoms with Crippen LogP contribution in [0, 0.1) is 5.92 Å². The fraction of sp³-hybridized carbons (Fsp3) is 0.435. The molecule has 30 heavy (non-hydrogen) atoms. The van der Waals surface area contributed by atoms with Crippen LogP contribution in [-0.2, 0) is 22.8 Å². The Morgan fingerprint density at radius 2 is 1.37 bits per heavy atom. The number of Topliss-reactive ketones (excluding diaryl/α,β-unsaturated/α-hetero) is 1. The fourth-order valence-corrected chi connectivity index (χ4v) is 9.41. The molecule has 2 aromatic carbocycles. The number of carbonyl (C=O) groups is 1. The Morgan fingerprint density at radius 3 is 1.73 bits per heavy atom. The summed E-state index contributed by atoms with van der Waals surface area (Å²) in [6.07, 6.45) is -0.259. The molecule has 0 fully saturated rings. The second-order valence-electron chi connectivity index (χ2n) is 8.48. The van der Waals surface area contributed by atoms with Crippen LogP contribution in [-0.4, -0.2) is 41.1 Å². The normalized spacial score (nSPS) is 13.8. The molecule has 0 bridgehead atoms. The molecule has 0 saturated carbocycles. The van der Waals surface area contributed by atoms with E-state index >= 15 is 0 Å². The number of hydrogen-bond donors (Lipinski definition) is 0. The first-order valence-corrected chi connectivity index (χ1v) is 13.7. The summed E-state index contributed by atoms with van der Waals surface area (Å²) < 4.78 is 29.0. The van der Waals surface area contributed by atoms with Gasteiger partial charge in [0, 0.05) is 26.7 Å². The lowest BCUT2D eigenvalue weighted by atomic mass is 10.1. The lowest BCUT2D eigenvalue weighted by Crippen LogP contribution is -2.67. The highest BCUT2D eigenvalue weighted by atomic mass is 31.2.